The van der Waals surface area contributed by atoms with E-state index >= 15 is 0 Å². The summed E-state index contributed by atoms with van der Waals surface area (Å²) in [6.45, 7) is 6.87. The molecule has 1 aromatic rings. The van der Waals surface area contributed by atoms with Gasteiger partial charge in [-0.05, 0) is 19.3 Å². The molecule has 0 spiro atoms. The minimum Gasteiger partial charge on any atom is -0.263 e. The Balaban J connectivity index is 1.93. The van der Waals surface area contributed by atoms with E-state index in [1.807, 2.05) is 0 Å². The van der Waals surface area contributed by atoms with Crippen LogP contribution in [0.1, 0.15) is 142 Å². The minimum atomic E-state index is 0.215. The fourth-order valence-electron chi connectivity index (χ4n) is 4.35. The van der Waals surface area contributed by atoms with Gasteiger partial charge in [0.05, 0.1) is 0 Å². The average molecular weight is 378 g/mol. The van der Waals surface area contributed by atoms with E-state index in [0.717, 1.165) is 18.7 Å². The number of hydrogen-bond acceptors (Lipinski definition) is 2. The van der Waals surface area contributed by atoms with Gasteiger partial charge in [0, 0.05) is 5.41 Å². The van der Waals surface area contributed by atoms with Crippen molar-refractivity contribution in [2.24, 2.45) is 0 Å². The first-order chi connectivity index (χ1) is 13.3. The minimum absolute atomic E-state index is 0.215. The van der Waals surface area contributed by atoms with Gasteiger partial charge in [0.2, 0.25) is 0 Å². The topological polar surface area (TPSA) is 41.6 Å². The number of rotatable bonds is 19. The highest BCUT2D eigenvalue weighted by Crippen LogP contribution is 2.34. The fourth-order valence-corrected chi connectivity index (χ4v) is 4.35. The summed E-state index contributed by atoms with van der Waals surface area (Å²) in [5, 5.41) is 7.19. The number of aromatic nitrogens is 3. The van der Waals surface area contributed by atoms with E-state index < -0.39 is 0 Å². The lowest BCUT2D eigenvalue weighted by molar-refractivity contribution is 0.330. The third-order valence-electron chi connectivity index (χ3n) is 6.53. The highest BCUT2D eigenvalue weighted by Gasteiger charge is 2.30. The van der Waals surface area contributed by atoms with Crippen molar-refractivity contribution in [2.75, 3.05) is 0 Å². The van der Waals surface area contributed by atoms with Crippen LogP contribution in [0.4, 0.5) is 0 Å². The number of H-pyrrole nitrogens is 1. The molecule has 1 rings (SSSR count). The van der Waals surface area contributed by atoms with Crippen molar-refractivity contribution in [1.82, 2.24) is 15.2 Å². The average Bonchev–Trinajstić information content (AvgIpc) is 3.23. The Labute approximate surface area is 169 Å². The Kier molecular flexibility index (Phi) is 14.4. The molecule has 0 fully saturated rings. The van der Waals surface area contributed by atoms with Gasteiger partial charge in [-0.1, -0.05) is 117 Å². The summed E-state index contributed by atoms with van der Waals surface area (Å²) in [4.78, 5) is 4.45. The Morgan fingerprint density at radius 3 is 1.48 bits per heavy atom. The molecule has 0 radical (unpaired) electrons. The van der Waals surface area contributed by atoms with Gasteiger partial charge in [0.1, 0.15) is 12.2 Å². The van der Waals surface area contributed by atoms with Crippen molar-refractivity contribution in [3.8, 4) is 0 Å². The van der Waals surface area contributed by atoms with E-state index in [2.05, 4.69) is 36.0 Å². The SMILES string of the molecule is CCCCCCCCCCCCCCCCCC(CC)(CC)c1ncn[nH]1. The zero-order valence-corrected chi connectivity index (χ0v) is 18.7. The number of aromatic amines is 1. The molecule has 0 saturated carbocycles. The van der Waals surface area contributed by atoms with Crippen molar-refractivity contribution in [2.45, 2.75) is 142 Å². The van der Waals surface area contributed by atoms with Crippen LogP contribution < -0.4 is 0 Å². The molecule has 1 N–H and O–H groups in total. The van der Waals surface area contributed by atoms with Crippen molar-refractivity contribution >= 4 is 0 Å². The standard InChI is InChI=1S/C24H47N3/c1-4-7-8-9-10-11-12-13-14-15-16-17-18-19-20-21-24(5-2,6-3)23-25-22-26-27-23/h22H,4-21H2,1-3H3,(H,25,26,27). The molecule has 1 heterocycles. The monoisotopic (exact) mass is 377 g/mol. The summed E-state index contributed by atoms with van der Waals surface area (Å²) < 4.78 is 0. The highest BCUT2D eigenvalue weighted by molar-refractivity contribution is 5.05. The van der Waals surface area contributed by atoms with Crippen LogP contribution in [-0.4, -0.2) is 15.2 Å². The van der Waals surface area contributed by atoms with Gasteiger partial charge < -0.3 is 0 Å². The van der Waals surface area contributed by atoms with Gasteiger partial charge in [0.15, 0.2) is 0 Å². The number of hydrogen-bond donors (Lipinski definition) is 1. The zero-order valence-electron chi connectivity index (χ0n) is 18.7. The summed E-state index contributed by atoms with van der Waals surface area (Å²) in [5.41, 5.74) is 0.215. The van der Waals surface area contributed by atoms with E-state index in [9.17, 15) is 0 Å². The highest BCUT2D eigenvalue weighted by atomic mass is 15.2. The molecule has 0 unspecified atom stereocenters. The summed E-state index contributed by atoms with van der Waals surface area (Å²) in [5.74, 6) is 1.10. The first kappa shape index (κ1) is 24.2. The molecule has 0 aliphatic heterocycles. The second-order valence-electron chi connectivity index (χ2n) is 8.52. The van der Waals surface area contributed by atoms with Crippen molar-refractivity contribution < 1.29 is 0 Å². The van der Waals surface area contributed by atoms with E-state index in [4.69, 9.17) is 0 Å². The molecule has 0 saturated heterocycles. The van der Waals surface area contributed by atoms with Crippen LogP contribution >= 0.6 is 0 Å². The largest absolute Gasteiger partial charge is 0.263 e. The lowest BCUT2D eigenvalue weighted by Gasteiger charge is -2.29. The zero-order chi connectivity index (χ0) is 19.6. The van der Waals surface area contributed by atoms with Gasteiger partial charge in [-0.25, -0.2) is 4.98 Å². The fraction of sp³-hybridized carbons (Fsp3) is 0.917. The molecule has 27 heavy (non-hydrogen) atoms. The van der Waals surface area contributed by atoms with Crippen LogP contribution in [0.15, 0.2) is 6.33 Å². The van der Waals surface area contributed by atoms with Crippen LogP contribution in [0.25, 0.3) is 0 Å². The van der Waals surface area contributed by atoms with Gasteiger partial charge in [0.25, 0.3) is 0 Å². The van der Waals surface area contributed by atoms with Crippen LogP contribution in [0.5, 0.6) is 0 Å². The molecular formula is C24H47N3. The molecular weight excluding hydrogens is 330 g/mol. The molecule has 158 valence electrons. The van der Waals surface area contributed by atoms with E-state index in [0.29, 0.717) is 0 Å². The number of nitrogens with one attached hydrogen (secondary N) is 1. The smallest absolute Gasteiger partial charge is 0.137 e. The van der Waals surface area contributed by atoms with Crippen molar-refractivity contribution in [1.29, 1.82) is 0 Å². The Morgan fingerprint density at radius 1 is 0.667 bits per heavy atom. The normalized spacial score (nSPS) is 12.0. The maximum Gasteiger partial charge on any atom is 0.137 e. The molecule has 0 amide bonds. The Bertz CT molecular complexity index is 409. The van der Waals surface area contributed by atoms with Crippen LogP contribution in [-0.2, 0) is 5.41 Å². The van der Waals surface area contributed by atoms with Crippen LogP contribution in [0.3, 0.4) is 0 Å². The van der Waals surface area contributed by atoms with Crippen molar-refractivity contribution in [3.63, 3.8) is 0 Å². The maximum atomic E-state index is 4.45. The van der Waals surface area contributed by atoms with Gasteiger partial charge >= 0.3 is 0 Å². The predicted molar refractivity (Wildman–Crippen MR) is 118 cm³/mol. The first-order valence-electron chi connectivity index (χ1n) is 12.1. The van der Waals surface area contributed by atoms with Gasteiger partial charge in [-0.15, -0.1) is 0 Å². The van der Waals surface area contributed by atoms with E-state index in [-0.39, 0.29) is 5.41 Å². The third-order valence-corrected chi connectivity index (χ3v) is 6.53. The van der Waals surface area contributed by atoms with Gasteiger partial charge in [-0.2, -0.15) is 5.10 Å². The molecule has 0 bridgehead atoms. The lowest BCUT2D eigenvalue weighted by atomic mass is 9.77. The van der Waals surface area contributed by atoms with Crippen molar-refractivity contribution in [3.05, 3.63) is 12.2 Å². The van der Waals surface area contributed by atoms with E-state index in [1.54, 1.807) is 6.33 Å². The quantitative estimate of drug-likeness (QED) is 0.247. The van der Waals surface area contributed by atoms with E-state index in [1.165, 1.54) is 103 Å². The van der Waals surface area contributed by atoms with Crippen LogP contribution in [0, 0.1) is 0 Å². The molecule has 0 aliphatic carbocycles. The Hall–Kier alpha value is -0.860. The summed E-state index contributed by atoms with van der Waals surface area (Å²) in [6.07, 6.45) is 26.6. The summed E-state index contributed by atoms with van der Waals surface area (Å²) >= 11 is 0. The molecule has 1 aromatic heterocycles. The molecule has 3 heteroatoms. The summed E-state index contributed by atoms with van der Waals surface area (Å²) in [7, 11) is 0. The lowest BCUT2D eigenvalue weighted by Crippen LogP contribution is -2.26. The summed E-state index contributed by atoms with van der Waals surface area (Å²) in [6, 6.07) is 0. The molecule has 0 atom stereocenters. The second-order valence-corrected chi connectivity index (χ2v) is 8.52. The second kappa shape index (κ2) is 16.1. The third kappa shape index (κ3) is 10.3. The maximum absolute atomic E-state index is 4.45. The first-order valence-corrected chi connectivity index (χ1v) is 12.1. The Morgan fingerprint density at radius 2 is 1.11 bits per heavy atom. The molecule has 0 aromatic carbocycles. The van der Waals surface area contributed by atoms with Gasteiger partial charge in [-0.3, -0.25) is 5.10 Å². The molecule has 0 aliphatic rings. The molecule has 3 nitrogen and oxygen atoms in total. The predicted octanol–water partition coefficient (Wildman–Crippen LogP) is 8.12. The number of unbranched alkanes of at least 4 members (excludes halogenated alkanes) is 14. The number of nitrogens with zero attached hydrogens (tertiary/aromatic N) is 2. The van der Waals surface area contributed by atoms with Crippen LogP contribution in [0.2, 0.25) is 0 Å².